The van der Waals surface area contributed by atoms with Crippen LogP contribution in [0.4, 0.5) is 0 Å². The fraction of sp³-hybridized carbons (Fsp3) is 0.531. The Morgan fingerprint density at radius 1 is 1.06 bits per heavy atom. The molecule has 0 heterocycles. The Kier molecular flexibility index (Phi) is 9.99. The maximum absolute atomic E-state index is 12.5. The summed E-state index contributed by atoms with van der Waals surface area (Å²) >= 11 is 0. The van der Waals surface area contributed by atoms with Gasteiger partial charge in [0.05, 0.1) is 0 Å². The van der Waals surface area contributed by atoms with Crippen LogP contribution in [-0.4, -0.2) is 5.78 Å². The van der Waals surface area contributed by atoms with Crippen molar-refractivity contribution >= 4 is 5.78 Å². The van der Waals surface area contributed by atoms with Crippen molar-refractivity contribution < 1.29 is 9.53 Å². The van der Waals surface area contributed by atoms with E-state index >= 15 is 0 Å². The van der Waals surface area contributed by atoms with Crippen LogP contribution in [0.15, 0.2) is 60.7 Å². The molecule has 2 nitrogen and oxygen atoms in total. The van der Waals surface area contributed by atoms with Crippen LogP contribution >= 0.6 is 0 Å². The first-order valence-electron chi connectivity index (χ1n) is 13.4. The Morgan fingerprint density at radius 2 is 1.85 bits per heavy atom. The number of Topliss-reactive ketones (excluding diaryl/α,β-unsaturated/α-hetero) is 1. The van der Waals surface area contributed by atoms with Crippen molar-refractivity contribution in [3.63, 3.8) is 0 Å². The van der Waals surface area contributed by atoms with Crippen molar-refractivity contribution in [2.75, 3.05) is 0 Å². The Morgan fingerprint density at radius 3 is 2.59 bits per heavy atom. The van der Waals surface area contributed by atoms with E-state index in [9.17, 15) is 4.79 Å². The second-order valence-electron chi connectivity index (χ2n) is 10.7. The molecule has 2 atom stereocenters. The lowest BCUT2D eigenvalue weighted by Crippen LogP contribution is -2.24. The number of carbonyl (C=O) groups excluding carboxylic acids is 1. The third-order valence-electron chi connectivity index (χ3n) is 7.57. The Balaban J connectivity index is 1.91. The molecule has 0 saturated heterocycles. The molecule has 34 heavy (non-hydrogen) atoms. The molecule has 0 bridgehead atoms. The number of hydrogen-bond acceptors (Lipinski definition) is 2. The summed E-state index contributed by atoms with van der Waals surface area (Å²) in [6.45, 7) is 9.60. The van der Waals surface area contributed by atoms with Gasteiger partial charge < -0.3 is 4.74 Å². The van der Waals surface area contributed by atoms with Crippen molar-refractivity contribution in [3.8, 4) is 5.75 Å². The summed E-state index contributed by atoms with van der Waals surface area (Å²) in [7, 11) is 0. The van der Waals surface area contributed by atoms with E-state index in [0.717, 1.165) is 18.6 Å². The van der Waals surface area contributed by atoms with Crippen LogP contribution in [0.5, 0.6) is 5.75 Å². The third kappa shape index (κ3) is 7.32. The number of rotatable bonds is 12. The molecule has 1 aliphatic rings. The van der Waals surface area contributed by atoms with E-state index in [1.165, 1.54) is 48.8 Å². The molecule has 1 saturated carbocycles. The monoisotopic (exact) mass is 460 g/mol. The molecule has 184 valence electrons. The van der Waals surface area contributed by atoms with E-state index in [2.05, 4.69) is 82.3 Å². The van der Waals surface area contributed by atoms with Crippen LogP contribution in [0.3, 0.4) is 0 Å². The number of ketones is 1. The van der Waals surface area contributed by atoms with E-state index in [0.29, 0.717) is 31.1 Å². The highest BCUT2D eigenvalue weighted by atomic mass is 16.5. The van der Waals surface area contributed by atoms with E-state index < -0.39 is 0 Å². The van der Waals surface area contributed by atoms with E-state index in [4.69, 9.17) is 4.74 Å². The lowest BCUT2D eigenvalue weighted by molar-refractivity contribution is -0.121. The molecule has 2 aromatic rings. The fourth-order valence-electron chi connectivity index (χ4n) is 5.28. The van der Waals surface area contributed by atoms with Gasteiger partial charge >= 0.3 is 0 Å². The zero-order chi connectivity index (χ0) is 24.4. The summed E-state index contributed by atoms with van der Waals surface area (Å²) in [4.78, 5) is 12.5. The topological polar surface area (TPSA) is 26.3 Å². The molecular formula is C32H44O2. The summed E-state index contributed by atoms with van der Waals surface area (Å²) < 4.78 is 6.51. The van der Waals surface area contributed by atoms with Gasteiger partial charge in [-0.1, -0.05) is 101 Å². The van der Waals surface area contributed by atoms with E-state index in [1.54, 1.807) is 0 Å². The zero-order valence-electron chi connectivity index (χ0n) is 21.8. The van der Waals surface area contributed by atoms with Crippen molar-refractivity contribution in [3.05, 3.63) is 77.4 Å². The molecule has 0 N–H and O–H groups in total. The van der Waals surface area contributed by atoms with Gasteiger partial charge in [0.2, 0.25) is 0 Å². The van der Waals surface area contributed by atoms with Gasteiger partial charge in [0.15, 0.2) is 0 Å². The van der Waals surface area contributed by atoms with Crippen molar-refractivity contribution in [1.29, 1.82) is 0 Å². The Bertz CT molecular complexity index is 925. The average Bonchev–Trinajstić information content (AvgIpc) is 2.85. The van der Waals surface area contributed by atoms with Gasteiger partial charge in [0, 0.05) is 12.8 Å². The van der Waals surface area contributed by atoms with Gasteiger partial charge in [0.1, 0.15) is 18.1 Å². The highest BCUT2D eigenvalue weighted by Gasteiger charge is 2.32. The largest absolute Gasteiger partial charge is 0.489 e. The predicted octanol–water partition coefficient (Wildman–Crippen LogP) is 8.93. The molecular weight excluding hydrogens is 416 g/mol. The smallest absolute Gasteiger partial charge is 0.133 e. The first-order valence-corrected chi connectivity index (χ1v) is 13.4. The maximum atomic E-state index is 12.5. The minimum absolute atomic E-state index is 0.101. The lowest BCUT2D eigenvalue weighted by atomic mass is 9.72. The molecule has 3 rings (SSSR count). The number of benzene rings is 2. The molecule has 0 unspecified atom stereocenters. The normalized spacial score (nSPS) is 19.0. The SMILES string of the molecule is CC=CC[C@@H]1CCC(=O)C[C@H]1c1ccc(C(C)(C)CCCCCC)cc1OCc1ccccc1. The van der Waals surface area contributed by atoms with Gasteiger partial charge in [-0.2, -0.15) is 0 Å². The molecule has 1 fully saturated rings. The standard InChI is InChI=1S/C32H44O2/c1-5-7-9-13-21-32(3,4)27-18-20-29(30-23-28(33)19-17-26(30)16-8-6-2)31(22-27)34-24-25-14-11-10-12-15-25/h6,8,10-12,14-15,18,20,22,26,30H,5,7,9,13,16-17,19,21,23-24H2,1-4H3/t26-,30-/m1/s1. The number of carbonyl (C=O) groups is 1. The van der Waals surface area contributed by atoms with Crippen molar-refractivity contribution in [2.45, 2.75) is 103 Å². The van der Waals surface area contributed by atoms with Crippen LogP contribution in [0.1, 0.15) is 108 Å². The lowest BCUT2D eigenvalue weighted by Gasteiger charge is -2.33. The molecule has 0 amide bonds. The summed E-state index contributed by atoms with van der Waals surface area (Å²) in [5.41, 5.74) is 3.82. The van der Waals surface area contributed by atoms with Gasteiger partial charge in [-0.25, -0.2) is 0 Å². The van der Waals surface area contributed by atoms with Crippen LogP contribution in [0, 0.1) is 5.92 Å². The van der Waals surface area contributed by atoms with Crippen LogP contribution in [-0.2, 0) is 16.8 Å². The second-order valence-corrected chi connectivity index (χ2v) is 10.7. The highest BCUT2D eigenvalue weighted by molar-refractivity contribution is 5.80. The number of allylic oxidation sites excluding steroid dienone is 2. The van der Waals surface area contributed by atoms with Crippen molar-refractivity contribution in [2.24, 2.45) is 5.92 Å². The van der Waals surface area contributed by atoms with Gasteiger partial charge in [-0.3, -0.25) is 4.79 Å². The van der Waals surface area contributed by atoms with Crippen LogP contribution in [0.25, 0.3) is 0 Å². The van der Waals surface area contributed by atoms with Gasteiger partial charge in [-0.15, -0.1) is 0 Å². The van der Waals surface area contributed by atoms with Gasteiger partial charge in [0.25, 0.3) is 0 Å². The molecule has 0 spiro atoms. The quantitative estimate of drug-likeness (QED) is 0.233. The highest BCUT2D eigenvalue weighted by Crippen LogP contribution is 2.44. The van der Waals surface area contributed by atoms with E-state index in [1.807, 2.05) is 6.07 Å². The van der Waals surface area contributed by atoms with E-state index in [-0.39, 0.29) is 11.3 Å². The van der Waals surface area contributed by atoms with Crippen LogP contribution < -0.4 is 4.74 Å². The minimum atomic E-state index is 0.101. The Hall–Kier alpha value is -2.35. The molecule has 0 aliphatic heterocycles. The molecule has 0 radical (unpaired) electrons. The molecule has 0 aromatic heterocycles. The summed E-state index contributed by atoms with van der Waals surface area (Å²) in [6.07, 6.45) is 14.0. The first-order chi connectivity index (χ1) is 16.4. The third-order valence-corrected chi connectivity index (χ3v) is 7.57. The molecule has 2 aromatic carbocycles. The zero-order valence-corrected chi connectivity index (χ0v) is 21.8. The average molecular weight is 461 g/mol. The summed E-state index contributed by atoms with van der Waals surface area (Å²) in [6, 6.07) is 17.2. The molecule has 1 aliphatic carbocycles. The molecule has 2 heteroatoms. The number of unbranched alkanes of at least 4 members (excludes halogenated alkanes) is 3. The number of ether oxygens (including phenoxy) is 1. The fourth-order valence-corrected chi connectivity index (χ4v) is 5.28. The summed E-state index contributed by atoms with van der Waals surface area (Å²) in [5.74, 6) is 2.06. The minimum Gasteiger partial charge on any atom is -0.489 e. The number of hydrogen-bond donors (Lipinski definition) is 0. The van der Waals surface area contributed by atoms with Crippen LogP contribution in [0.2, 0.25) is 0 Å². The first kappa shape index (κ1) is 26.3. The second kappa shape index (κ2) is 12.9. The Labute approximate surface area is 207 Å². The maximum Gasteiger partial charge on any atom is 0.133 e. The van der Waals surface area contributed by atoms with Gasteiger partial charge in [-0.05, 0) is 66.2 Å². The predicted molar refractivity (Wildman–Crippen MR) is 144 cm³/mol. The van der Waals surface area contributed by atoms with Crippen molar-refractivity contribution in [1.82, 2.24) is 0 Å². The summed E-state index contributed by atoms with van der Waals surface area (Å²) in [5, 5.41) is 0.